The molecule has 122 valence electrons. The molecule has 0 saturated heterocycles. The molecule has 2 N–H and O–H groups in total. The van der Waals surface area contributed by atoms with Crippen molar-refractivity contribution in [3.63, 3.8) is 0 Å². The Balaban J connectivity index is 2.10. The molecule has 0 radical (unpaired) electrons. The number of aromatic amines is 1. The van der Waals surface area contributed by atoms with Crippen LogP contribution in [0, 0.1) is 5.82 Å². The fourth-order valence-electron chi connectivity index (χ4n) is 2.38. The summed E-state index contributed by atoms with van der Waals surface area (Å²) in [5.41, 5.74) is 0.863. The molecular formula is C17H12BrFN2O3. The van der Waals surface area contributed by atoms with Crippen LogP contribution in [0.1, 0.15) is 20.8 Å². The van der Waals surface area contributed by atoms with Crippen LogP contribution in [0.4, 0.5) is 10.1 Å². The number of nitrogens with one attached hydrogen (secondary N) is 2. The van der Waals surface area contributed by atoms with Gasteiger partial charge in [0.1, 0.15) is 11.5 Å². The van der Waals surface area contributed by atoms with Crippen LogP contribution in [0.3, 0.4) is 0 Å². The van der Waals surface area contributed by atoms with Crippen molar-refractivity contribution in [3.05, 3.63) is 64.0 Å². The number of aromatic nitrogens is 1. The van der Waals surface area contributed by atoms with E-state index < -0.39 is 17.7 Å². The van der Waals surface area contributed by atoms with Gasteiger partial charge in [0.25, 0.3) is 5.91 Å². The van der Waals surface area contributed by atoms with Gasteiger partial charge in [-0.15, -0.1) is 0 Å². The van der Waals surface area contributed by atoms with Crippen LogP contribution in [-0.2, 0) is 4.74 Å². The number of esters is 1. The number of H-pyrrole nitrogens is 1. The molecule has 0 bridgehead atoms. The molecule has 7 heteroatoms. The molecule has 3 rings (SSSR count). The number of ether oxygens (including phenoxy) is 1. The SMILES string of the molecule is COC(=O)c1[nH]c2ccc(Br)cc2c1NC(=O)c1ccccc1F. The molecule has 2 aromatic carbocycles. The van der Waals surface area contributed by atoms with E-state index in [2.05, 4.69) is 26.2 Å². The monoisotopic (exact) mass is 390 g/mol. The highest BCUT2D eigenvalue weighted by Gasteiger charge is 2.22. The van der Waals surface area contributed by atoms with Crippen molar-refractivity contribution in [2.24, 2.45) is 0 Å². The van der Waals surface area contributed by atoms with Gasteiger partial charge in [-0.25, -0.2) is 9.18 Å². The normalized spacial score (nSPS) is 10.6. The van der Waals surface area contributed by atoms with E-state index in [-0.39, 0.29) is 16.9 Å². The van der Waals surface area contributed by atoms with Crippen molar-refractivity contribution < 1.29 is 18.7 Å². The van der Waals surface area contributed by atoms with E-state index in [1.807, 2.05) is 0 Å². The number of rotatable bonds is 3. The smallest absolute Gasteiger partial charge is 0.356 e. The van der Waals surface area contributed by atoms with Crippen LogP contribution in [0.2, 0.25) is 0 Å². The molecular weight excluding hydrogens is 379 g/mol. The predicted molar refractivity (Wildman–Crippen MR) is 91.7 cm³/mol. The second kappa shape index (κ2) is 6.45. The molecule has 0 atom stereocenters. The molecule has 1 amide bonds. The summed E-state index contributed by atoms with van der Waals surface area (Å²) in [7, 11) is 1.24. The third-order valence-electron chi connectivity index (χ3n) is 3.51. The highest BCUT2D eigenvalue weighted by molar-refractivity contribution is 9.10. The van der Waals surface area contributed by atoms with Crippen LogP contribution in [0.5, 0.6) is 0 Å². The molecule has 1 aromatic heterocycles. The molecule has 0 fully saturated rings. The lowest BCUT2D eigenvalue weighted by Gasteiger charge is -2.07. The van der Waals surface area contributed by atoms with Gasteiger partial charge >= 0.3 is 5.97 Å². The Hall–Kier alpha value is -2.67. The highest BCUT2D eigenvalue weighted by atomic mass is 79.9. The number of methoxy groups -OCH3 is 1. The Bertz CT molecular complexity index is 952. The molecule has 24 heavy (non-hydrogen) atoms. The van der Waals surface area contributed by atoms with E-state index in [1.165, 1.54) is 25.3 Å². The zero-order valence-corrected chi connectivity index (χ0v) is 14.1. The summed E-state index contributed by atoms with van der Waals surface area (Å²) in [6.07, 6.45) is 0. The molecule has 0 aliphatic heterocycles. The quantitative estimate of drug-likeness (QED) is 0.661. The molecule has 0 aliphatic carbocycles. The summed E-state index contributed by atoms with van der Waals surface area (Å²) in [6, 6.07) is 10.9. The fourth-order valence-corrected chi connectivity index (χ4v) is 2.74. The first-order valence-corrected chi connectivity index (χ1v) is 7.76. The van der Waals surface area contributed by atoms with Crippen molar-refractivity contribution in [1.82, 2.24) is 4.98 Å². The lowest BCUT2D eigenvalue weighted by Crippen LogP contribution is -2.16. The van der Waals surface area contributed by atoms with E-state index in [0.717, 1.165) is 4.47 Å². The number of benzene rings is 2. The summed E-state index contributed by atoms with van der Waals surface area (Å²) in [5.74, 6) is -1.93. The second-order valence-electron chi connectivity index (χ2n) is 4.99. The number of hydrogen-bond acceptors (Lipinski definition) is 3. The zero-order valence-electron chi connectivity index (χ0n) is 12.5. The Morgan fingerprint density at radius 3 is 2.67 bits per heavy atom. The van der Waals surface area contributed by atoms with Crippen molar-refractivity contribution in [1.29, 1.82) is 0 Å². The number of carbonyl (C=O) groups is 2. The molecule has 1 heterocycles. The summed E-state index contributed by atoms with van der Waals surface area (Å²) >= 11 is 3.35. The first-order chi connectivity index (χ1) is 11.5. The second-order valence-corrected chi connectivity index (χ2v) is 5.91. The van der Waals surface area contributed by atoms with Crippen molar-refractivity contribution >= 4 is 44.4 Å². The largest absolute Gasteiger partial charge is 0.464 e. The van der Waals surface area contributed by atoms with E-state index in [4.69, 9.17) is 4.74 Å². The van der Waals surface area contributed by atoms with Gasteiger partial charge < -0.3 is 15.0 Å². The maximum atomic E-state index is 13.8. The van der Waals surface area contributed by atoms with Gasteiger partial charge in [-0.2, -0.15) is 0 Å². The van der Waals surface area contributed by atoms with Gasteiger partial charge in [0, 0.05) is 15.4 Å². The minimum Gasteiger partial charge on any atom is -0.464 e. The summed E-state index contributed by atoms with van der Waals surface area (Å²) in [4.78, 5) is 27.3. The first-order valence-electron chi connectivity index (χ1n) is 6.96. The molecule has 0 unspecified atom stereocenters. The molecule has 0 aliphatic rings. The van der Waals surface area contributed by atoms with Crippen LogP contribution in [-0.4, -0.2) is 24.0 Å². The van der Waals surface area contributed by atoms with E-state index in [1.54, 1.807) is 24.3 Å². The minimum atomic E-state index is -0.654. The fraction of sp³-hybridized carbons (Fsp3) is 0.0588. The number of anilines is 1. The van der Waals surface area contributed by atoms with Crippen molar-refractivity contribution in [2.75, 3.05) is 12.4 Å². The van der Waals surface area contributed by atoms with Gasteiger partial charge in [0.05, 0.1) is 18.4 Å². The maximum Gasteiger partial charge on any atom is 0.356 e. The van der Waals surface area contributed by atoms with E-state index >= 15 is 0 Å². The number of amides is 1. The Labute approximate surface area is 144 Å². The van der Waals surface area contributed by atoms with Gasteiger partial charge in [-0.1, -0.05) is 28.1 Å². The van der Waals surface area contributed by atoms with Crippen molar-refractivity contribution in [3.8, 4) is 0 Å². The maximum absolute atomic E-state index is 13.8. The average molecular weight is 391 g/mol. The van der Waals surface area contributed by atoms with Crippen LogP contribution < -0.4 is 5.32 Å². The Kier molecular flexibility index (Phi) is 4.35. The molecule has 0 saturated carbocycles. The minimum absolute atomic E-state index is 0.0929. The summed E-state index contributed by atoms with van der Waals surface area (Å²) in [6.45, 7) is 0. The standard InChI is InChI=1S/C17H12BrFN2O3/c1-24-17(23)15-14(11-8-9(18)6-7-13(11)20-15)21-16(22)10-4-2-3-5-12(10)19/h2-8,20H,1H3,(H,21,22). The zero-order chi connectivity index (χ0) is 17.3. The van der Waals surface area contributed by atoms with Gasteiger partial charge in [-0.05, 0) is 30.3 Å². The third-order valence-corrected chi connectivity index (χ3v) is 4.00. The van der Waals surface area contributed by atoms with Gasteiger partial charge in [0.15, 0.2) is 0 Å². The molecule has 3 aromatic rings. The van der Waals surface area contributed by atoms with Crippen molar-refractivity contribution in [2.45, 2.75) is 0 Å². The molecule has 5 nitrogen and oxygen atoms in total. The predicted octanol–water partition coefficient (Wildman–Crippen LogP) is 4.11. The Morgan fingerprint density at radius 1 is 1.21 bits per heavy atom. The number of fused-ring (bicyclic) bond motifs is 1. The number of halogens is 2. The summed E-state index contributed by atoms with van der Waals surface area (Å²) < 4.78 is 19.3. The van der Waals surface area contributed by atoms with Gasteiger partial charge in [-0.3, -0.25) is 4.79 Å². The first kappa shape index (κ1) is 16.2. The van der Waals surface area contributed by atoms with Crippen LogP contribution >= 0.6 is 15.9 Å². The third kappa shape index (κ3) is 2.90. The average Bonchev–Trinajstić information content (AvgIpc) is 2.92. The van der Waals surface area contributed by atoms with Crippen LogP contribution in [0.25, 0.3) is 10.9 Å². The topological polar surface area (TPSA) is 71.2 Å². The lowest BCUT2D eigenvalue weighted by atomic mass is 10.1. The van der Waals surface area contributed by atoms with E-state index in [9.17, 15) is 14.0 Å². The Morgan fingerprint density at radius 2 is 1.96 bits per heavy atom. The van der Waals surface area contributed by atoms with E-state index in [0.29, 0.717) is 10.9 Å². The van der Waals surface area contributed by atoms with Crippen LogP contribution in [0.15, 0.2) is 46.9 Å². The number of hydrogen-bond donors (Lipinski definition) is 2. The highest BCUT2D eigenvalue weighted by Crippen LogP contribution is 2.31. The number of carbonyl (C=O) groups excluding carboxylic acids is 2. The molecule has 0 spiro atoms. The summed E-state index contributed by atoms with van der Waals surface area (Å²) in [5, 5.41) is 3.21. The van der Waals surface area contributed by atoms with Gasteiger partial charge in [0.2, 0.25) is 0 Å². The lowest BCUT2D eigenvalue weighted by molar-refractivity contribution is 0.0596.